The maximum absolute atomic E-state index is 12.4. The first-order chi connectivity index (χ1) is 9.54. The van der Waals surface area contributed by atoms with Gasteiger partial charge in [-0.3, -0.25) is 0 Å². The Labute approximate surface area is 120 Å². The zero-order valence-electron chi connectivity index (χ0n) is 11.7. The molecule has 1 aromatic rings. The van der Waals surface area contributed by atoms with E-state index >= 15 is 0 Å². The van der Waals surface area contributed by atoms with Crippen LogP contribution in [0, 0.1) is 5.92 Å². The van der Waals surface area contributed by atoms with E-state index in [-0.39, 0.29) is 6.61 Å². The van der Waals surface area contributed by atoms with Gasteiger partial charge in [0.15, 0.2) is 0 Å². The zero-order chi connectivity index (χ0) is 14.6. The van der Waals surface area contributed by atoms with Crippen LogP contribution in [0.1, 0.15) is 19.8 Å². The number of hydrogen-bond acceptors (Lipinski definition) is 4. The fourth-order valence-corrected chi connectivity index (χ4v) is 3.80. The molecule has 1 unspecified atom stereocenters. The number of sulfonamides is 1. The summed E-state index contributed by atoms with van der Waals surface area (Å²) < 4.78 is 31.7. The van der Waals surface area contributed by atoms with Gasteiger partial charge < -0.3 is 9.84 Å². The van der Waals surface area contributed by atoms with Gasteiger partial charge >= 0.3 is 0 Å². The van der Waals surface area contributed by atoms with Crippen LogP contribution < -0.4 is 4.74 Å². The predicted molar refractivity (Wildman–Crippen MR) is 76.2 cm³/mol. The molecule has 1 atom stereocenters. The molecular formula is C14H21NO4S. The van der Waals surface area contributed by atoms with Crippen molar-refractivity contribution < 1.29 is 18.3 Å². The third-order valence-corrected chi connectivity index (χ3v) is 5.30. The van der Waals surface area contributed by atoms with Gasteiger partial charge in [-0.15, -0.1) is 0 Å². The number of benzene rings is 1. The van der Waals surface area contributed by atoms with Gasteiger partial charge in [0.05, 0.1) is 11.5 Å². The highest BCUT2D eigenvalue weighted by Gasteiger charge is 2.30. The maximum atomic E-state index is 12.4. The third kappa shape index (κ3) is 3.50. The highest BCUT2D eigenvalue weighted by Crippen LogP contribution is 2.25. The lowest BCUT2D eigenvalue weighted by atomic mass is 10.2. The summed E-state index contributed by atoms with van der Waals surface area (Å²) >= 11 is 0. The Morgan fingerprint density at radius 2 is 2.05 bits per heavy atom. The number of hydrogen-bond donors (Lipinski definition) is 1. The van der Waals surface area contributed by atoms with E-state index in [1.807, 2.05) is 0 Å². The molecule has 1 saturated heterocycles. The first kappa shape index (κ1) is 15.3. The fraction of sp³-hybridized carbons (Fsp3) is 0.571. The summed E-state index contributed by atoms with van der Waals surface area (Å²) in [7, 11) is -3.38. The van der Waals surface area contributed by atoms with Crippen LogP contribution in [0.15, 0.2) is 29.2 Å². The van der Waals surface area contributed by atoms with Gasteiger partial charge in [-0.2, -0.15) is 4.31 Å². The third-order valence-electron chi connectivity index (χ3n) is 3.42. The smallest absolute Gasteiger partial charge is 0.243 e. The Balaban J connectivity index is 2.05. The first-order valence-corrected chi connectivity index (χ1v) is 8.32. The van der Waals surface area contributed by atoms with Crippen LogP contribution in [0.4, 0.5) is 0 Å². The molecule has 1 fully saturated rings. The van der Waals surface area contributed by atoms with Crippen molar-refractivity contribution in [3.63, 3.8) is 0 Å². The number of aliphatic hydroxyl groups is 1. The van der Waals surface area contributed by atoms with Gasteiger partial charge in [0.25, 0.3) is 0 Å². The quantitative estimate of drug-likeness (QED) is 0.808. The minimum Gasteiger partial charge on any atom is -0.494 e. The molecule has 0 saturated carbocycles. The Kier molecular flexibility index (Phi) is 5.01. The molecule has 1 aliphatic rings. The second kappa shape index (κ2) is 6.56. The van der Waals surface area contributed by atoms with Gasteiger partial charge in [0, 0.05) is 26.1 Å². The van der Waals surface area contributed by atoms with Gasteiger partial charge in [0.1, 0.15) is 5.75 Å². The van der Waals surface area contributed by atoms with Gasteiger partial charge in [0.2, 0.25) is 10.0 Å². The van der Waals surface area contributed by atoms with Crippen molar-refractivity contribution in [2.45, 2.75) is 24.7 Å². The number of rotatable bonds is 6. The van der Waals surface area contributed by atoms with E-state index in [1.54, 1.807) is 28.6 Å². The predicted octanol–water partition coefficient (Wildman–Crippen LogP) is 1.48. The van der Waals surface area contributed by atoms with Crippen LogP contribution >= 0.6 is 0 Å². The molecule has 0 radical (unpaired) electrons. The largest absolute Gasteiger partial charge is 0.494 e. The van der Waals surface area contributed by atoms with Crippen LogP contribution in [0.5, 0.6) is 5.75 Å². The summed E-state index contributed by atoms with van der Waals surface area (Å²) in [4.78, 5) is 0.307. The first-order valence-electron chi connectivity index (χ1n) is 6.88. The summed E-state index contributed by atoms with van der Waals surface area (Å²) in [6.45, 7) is 3.76. The van der Waals surface area contributed by atoms with Crippen molar-refractivity contribution in [1.29, 1.82) is 0 Å². The molecule has 1 N–H and O–H groups in total. The average molecular weight is 299 g/mol. The molecule has 1 heterocycles. The molecule has 0 aromatic heterocycles. The second-order valence-electron chi connectivity index (χ2n) is 5.15. The standard InChI is InChI=1S/C14H21NO4S/c1-12-7-8-15(11-12)20(17,18)14-5-3-13(4-6-14)19-10-2-9-16/h3-6,12,16H,2,7-11H2,1H3. The Morgan fingerprint density at radius 1 is 1.35 bits per heavy atom. The summed E-state index contributed by atoms with van der Waals surface area (Å²) in [6, 6.07) is 6.46. The minimum atomic E-state index is -3.38. The molecule has 6 heteroatoms. The lowest BCUT2D eigenvalue weighted by molar-refractivity contribution is 0.233. The van der Waals surface area contributed by atoms with E-state index < -0.39 is 10.0 Å². The topological polar surface area (TPSA) is 66.8 Å². The Hall–Kier alpha value is -1.11. The molecule has 0 aliphatic carbocycles. The molecule has 1 aromatic carbocycles. The van der Waals surface area contributed by atoms with Crippen molar-refractivity contribution in [1.82, 2.24) is 4.31 Å². The van der Waals surface area contributed by atoms with Crippen molar-refractivity contribution in [2.24, 2.45) is 5.92 Å². The lowest BCUT2D eigenvalue weighted by Crippen LogP contribution is -2.28. The van der Waals surface area contributed by atoms with E-state index in [2.05, 4.69) is 6.92 Å². The fourth-order valence-electron chi connectivity index (χ4n) is 2.22. The highest BCUT2D eigenvalue weighted by atomic mass is 32.2. The highest BCUT2D eigenvalue weighted by molar-refractivity contribution is 7.89. The van der Waals surface area contributed by atoms with Gasteiger partial charge in [-0.05, 0) is 36.6 Å². The molecular weight excluding hydrogens is 278 g/mol. The molecule has 1 aliphatic heterocycles. The monoisotopic (exact) mass is 299 g/mol. The van der Waals surface area contributed by atoms with Crippen LogP contribution in [0.2, 0.25) is 0 Å². The number of nitrogens with zero attached hydrogens (tertiary/aromatic N) is 1. The van der Waals surface area contributed by atoms with E-state index in [1.165, 1.54) is 0 Å². The molecule has 112 valence electrons. The van der Waals surface area contributed by atoms with Crippen molar-refractivity contribution in [2.75, 3.05) is 26.3 Å². The van der Waals surface area contributed by atoms with Crippen LogP contribution in [0.3, 0.4) is 0 Å². The van der Waals surface area contributed by atoms with Crippen LogP contribution in [-0.2, 0) is 10.0 Å². The Bertz CT molecular complexity index is 527. The van der Waals surface area contributed by atoms with E-state index in [9.17, 15) is 8.42 Å². The number of aliphatic hydroxyl groups excluding tert-OH is 1. The Morgan fingerprint density at radius 3 is 2.60 bits per heavy atom. The summed E-state index contributed by atoms with van der Waals surface area (Å²) in [5.74, 6) is 1.04. The van der Waals surface area contributed by atoms with Crippen molar-refractivity contribution in [3.05, 3.63) is 24.3 Å². The van der Waals surface area contributed by atoms with E-state index in [0.29, 0.717) is 42.7 Å². The van der Waals surface area contributed by atoms with Crippen molar-refractivity contribution in [3.8, 4) is 5.75 Å². The average Bonchev–Trinajstić information content (AvgIpc) is 2.87. The number of ether oxygens (including phenoxy) is 1. The van der Waals surface area contributed by atoms with Gasteiger partial charge in [-0.25, -0.2) is 8.42 Å². The molecule has 0 spiro atoms. The summed E-state index contributed by atoms with van der Waals surface area (Å²) in [5.41, 5.74) is 0. The van der Waals surface area contributed by atoms with Crippen molar-refractivity contribution >= 4 is 10.0 Å². The summed E-state index contributed by atoms with van der Waals surface area (Å²) in [6.07, 6.45) is 1.48. The lowest BCUT2D eigenvalue weighted by Gasteiger charge is -2.16. The minimum absolute atomic E-state index is 0.0829. The van der Waals surface area contributed by atoms with E-state index in [0.717, 1.165) is 6.42 Å². The SMILES string of the molecule is CC1CCN(S(=O)(=O)c2ccc(OCCCO)cc2)C1. The zero-order valence-corrected chi connectivity index (χ0v) is 12.5. The maximum Gasteiger partial charge on any atom is 0.243 e. The van der Waals surface area contributed by atoms with Crippen LogP contribution in [0.25, 0.3) is 0 Å². The molecule has 20 heavy (non-hydrogen) atoms. The second-order valence-corrected chi connectivity index (χ2v) is 7.09. The molecule has 5 nitrogen and oxygen atoms in total. The van der Waals surface area contributed by atoms with E-state index in [4.69, 9.17) is 9.84 Å². The normalized spacial score (nSPS) is 20.2. The molecule has 2 rings (SSSR count). The summed E-state index contributed by atoms with van der Waals surface area (Å²) in [5, 5.41) is 8.67. The molecule has 0 bridgehead atoms. The van der Waals surface area contributed by atoms with Gasteiger partial charge in [-0.1, -0.05) is 6.92 Å². The van der Waals surface area contributed by atoms with Crippen LogP contribution in [-0.4, -0.2) is 44.1 Å². The molecule has 0 amide bonds.